The molecule has 0 atom stereocenters. The molecule has 0 unspecified atom stereocenters. The van der Waals surface area contributed by atoms with Gasteiger partial charge in [0, 0.05) is 12.2 Å². The lowest BCUT2D eigenvalue weighted by Crippen LogP contribution is -2.31. The Balaban J connectivity index is 2.31. The minimum absolute atomic E-state index is 0.0174. The molecule has 2 aromatic rings. The number of rotatable bonds is 5. The Hall–Kier alpha value is -2.01. The van der Waals surface area contributed by atoms with Gasteiger partial charge in [-0.1, -0.05) is 36.4 Å². The number of sulfonamides is 1. The highest BCUT2D eigenvalue weighted by Crippen LogP contribution is 2.22. The van der Waals surface area contributed by atoms with E-state index in [1.54, 1.807) is 24.3 Å². The van der Waals surface area contributed by atoms with Gasteiger partial charge < -0.3 is 5.73 Å². The summed E-state index contributed by atoms with van der Waals surface area (Å²) >= 11 is 0. The lowest BCUT2D eigenvalue weighted by Gasteiger charge is -2.23. The van der Waals surface area contributed by atoms with Gasteiger partial charge in [0.1, 0.15) is 0 Å². The lowest BCUT2D eigenvalue weighted by molar-refractivity contribution is 0.591. The Morgan fingerprint density at radius 3 is 2.35 bits per heavy atom. The molecule has 5 heteroatoms. The predicted octanol–water partition coefficient (Wildman–Crippen LogP) is 2.63. The molecule has 0 saturated heterocycles. The number of anilines is 2. The molecule has 4 nitrogen and oxygen atoms in total. The first kappa shape index (κ1) is 14.4. The molecule has 0 spiro atoms. The van der Waals surface area contributed by atoms with E-state index in [0.29, 0.717) is 17.9 Å². The van der Waals surface area contributed by atoms with Crippen LogP contribution >= 0.6 is 0 Å². The van der Waals surface area contributed by atoms with Gasteiger partial charge in [-0.15, -0.1) is 0 Å². The van der Waals surface area contributed by atoms with E-state index in [-0.39, 0.29) is 5.75 Å². The maximum absolute atomic E-state index is 12.5. The quantitative estimate of drug-likeness (QED) is 0.861. The van der Waals surface area contributed by atoms with Crippen molar-refractivity contribution < 1.29 is 8.42 Å². The van der Waals surface area contributed by atoms with Crippen molar-refractivity contribution in [3.63, 3.8) is 0 Å². The summed E-state index contributed by atoms with van der Waals surface area (Å²) in [4.78, 5) is 0. The second-order valence-corrected chi connectivity index (χ2v) is 6.39. The molecule has 2 rings (SSSR count). The first-order chi connectivity index (χ1) is 9.53. The van der Waals surface area contributed by atoms with Crippen LogP contribution in [0.15, 0.2) is 54.6 Å². The largest absolute Gasteiger partial charge is 0.399 e. The SMILES string of the molecule is CCN(c1cccc(N)c1)S(=O)(=O)Cc1ccccc1. The van der Waals surface area contributed by atoms with Crippen LogP contribution in [0.1, 0.15) is 12.5 Å². The van der Waals surface area contributed by atoms with Crippen LogP contribution in [0.5, 0.6) is 0 Å². The molecule has 0 aromatic heterocycles. The minimum Gasteiger partial charge on any atom is -0.399 e. The zero-order valence-corrected chi connectivity index (χ0v) is 12.2. The Morgan fingerprint density at radius 1 is 1.05 bits per heavy atom. The number of nitrogen functional groups attached to an aromatic ring is 1. The zero-order chi connectivity index (χ0) is 14.6. The summed E-state index contributed by atoms with van der Waals surface area (Å²) in [6, 6.07) is 16.1. The highest BCUT2D eigenvalue weighted by molar-refractivity contribution is 7.92. The summed E-state index contributed by atoms with van der Waals surface area (Å²) in [5.74, 6) is -0.0174. The van der Waals surface area contributed by atoms with E-state index in [1.807, 2.05) is 37.3 Å². The fraction of sp³-hybridized carbons (Fsp3) is 0.200. The van der Waals surface area contributed by atoms with Gasteiger partial charge in [-0.2, -0.15) is 0 Å². The van der Waals surface area contributed by atoms with Crippen molar-refractivity contribution in [2.24, 2.45) is 0 Å². The molecule has 0 heterocycles. The summed E-state index contributed by atoms with van der Waals surface area (Å²) < 4.78 is 26.4. The van der Waals surface area contributed by atoms with Gasteiger partial charge in [0.15, 0.2) is 0 Å². The van der Waals surface area contributed by atoms with Crippen LogP contribution in [-0.2, 0) is 15.8 Å². The zero-order valence-electron chi connectivity index (χ0n) is 11.4. The molecule has 106 valence electrons. The van der Waals surface area contributed by atoms with E-state index in [0.717, 1.165) is 5.56 Å². The van der Waals surface area contributed by atoms with Gasteiger partial charge in [0.25, 0.3) is 0 Å². The normalized spacial score (nSPS) is 11.2. The molecule has 20 heavy (non-hydrogen) atoms. The van der Waals surface area contributed by atoms with Crippen LogP contribution in [0.25, 0.3) is 0 Å². The first-order valence-corrected chi connectivity index (χ1v) is 8.03. The van der Waals surface area contributed by atoms with E-state index < -0.39 is 10.0 Å². The monoisotopic (exact) mass is 290 g/mol. The molecule has 0 bridgehead atoms. The van der Waals surface area contributed by atoms with Crippen LogP contribution in [0.3, 0.4) is 0 Å². The Kier molecular flexibility index (Phi) is 4.29. The average Bonchev–Trinajstić information content (AvgIpc) is 2.39. The smallest absolute Gasteiger partial charge is 0.239 e. The van der Waals surface area contributed by atoms with E-state index in [2.05, 4.69) is 0 Å². The van der Waals surface area contributed by atoms with Gasteiger partial charge in [-0.05, 0) is 30.7 Å². The molecule has 2 N–H and O–H groups in total. The van der Waals surface area contributed by atoms with Crippen LogP contribution in [-0.4, -0.2) is 15.0 Å². The third kappa shape index (κ3) is 3.30. The van der Waals surface area contributed by atoms with Crippen molar-refractivity contribution in [3.05, 3.63) is 60.2 Å². The van der Waals surface area contributed by atoms with E-state index in [9.17, 15) is 8.42 Å². The standard InChI is InChI=1S/C15H18N2O2S/c1-2-17(15-10-6-9-14(16)11-15)20(18,19)12-13-7-4-3-5-8-13/h3-11H,2,12,16H2,1H3. The second-order valence-electron chi connectivity index (χ2n) is 4.50. The summed E-state index contributed by atoms with van der Waals surface area (Å²) in [5.41, 5.74) is 7.65. The van der Waals surface area contributed by atoms with Crippen molar-refractivity contribution in [1.29, 1.82) is 0 Å². The predicted molar refractivity (Wildman–Crippen MR) is 82.9 cm³/mol. The molecule has 0 aliphatic carbocycles. The third-order valence-electron chi connectivity index (χ3n) is 2.97. The Morgan fingerprint density at radius 2 is 1.75 bits per heavy atom. The Labute approximate surface area is 119 Å². The fourth-order valence-electron chi connectivity index (χ4n) is 2.08. The van der Waals surface area contributed by atoms with Crippen LogP contribution in [0.4, 0.5) is 11.4 Å². The number of nitrogens with zero attached hydrogens (tertiary/aromatic N) is 1. The summed E-state index contributed by atoms with van der Waals surface area (Å²) in [6.07, 6.45) is 0. The molecule has 0 aliphatic heterocycles. The van der Waals surface area contributed by atoms with Crippen LogP contribution in [0, 0.1) is 0 Å². The van der Waals surface area contributed by atoms with E-state index in [4.69, 9.17) is 5.73 Å². The minimum atomic E-state index is -3.42. The maximum Gasteiger partial charge on any atom is 0.239 e. The van der Waals surface area contributed by atoms with Gasteiger partial charge >= 0.3 is 0 Å². The van der Waals surface area contributed by atoms with E-state index in [1.165, 1.54) is 4.31 Å². The molecule has 0 saturated carbocycles. The summed E-state index contributed by atoms with van der Waals surface area (Å²) in [5, 5.41) is 0. The fourth-order valence-corrected chi connectivity index (χ4v) is 3.68. The molecular weight excluding hydrogens is 272 g/mol. The van der Waals surface area contributed by atoms with Gasteiger partial charge in [0.05, 0.1) is 11.4 Å². The average molecular weight is 290 g/mol. The van der Waals surface area contributed by atoms with Crippen molar-refractivity contribution in [1.82, 2.24) is 0 Å². The highest BCUT2D eigenvalue weighted by atomic mass is 32.2. The van der Waals surface area contributed by atoms with Gasteiger partial charge in [-0.3, -0.25) is 4.31 Å². The molecule has 2 aromatic carbocycles. The number of nitrogens with two attached hydrogens (primary N) is 1. The molecule has 0 aliphatic rings. The number of hydrogen-bond acceptors (Lipinski definition) is 3. The summed E-state index contributed by atoms with van der Waals surface area (Å²) in [7, 11) is -3.42. The third-order valence-corrected chi connectivity index (χ3v) is 4.81. The highest BCUT2D eigenvalue weighted by Gasteiger charge is 2.21. The number of hydrogen-bond donors (Lipinski definition) is 1. The number of benzene rings is 2. The van der Waals surface area contributed by atoms with E-state index >= 15 is 0 Å². The molecular formula is C15H18N2O2S. The van der Waals surface area contributed by atoms with Crippen molar-refractivity contribution in [3.8, 4) is 0 Å². The van der Waals surface area contributed by atoms with Crippen molar-refractivity contribution in [2.45, 2.75) is 12.7 Å². The van der Waals surface area contributed by atoms with Crippen molar-refractivity contribution in [2.75, 3.05) is 16.6 Å². The Bertz CT molecular complexity index is 669. The van der Waals surface area contributed by atoms with Crippen LogP contribution < -0.4 is 10.0 Å². The topological polar surface area (TPSA) is 63.4 Å². The van der Waals surface area contributed by atoms with Crippen molar-refractivity contribution >= 4 is 21.4 Å². The molecule has 0 fully saturated rings. The van der Waals surface area contributed by atoms with Gasteiger partial charge in [-0.25, -0.2) is 8.42 Å². The first-order valence-electron chi connectivity index (χ1n) is 6.43. The molecule has 0 radical (unpaired) electrons. The second kappa shape index (κ2) is 5.96. The van der Waals surface area contributed by atoms with Crippen LogP contribution in [0.2, 0.25) is 0 Å². The molecule has 0 amide bonds. The summed E-state index contributed by atoms with van der Waals surface area (Å²) in [6.45, 7) is 2.18. The maximum atomic E-state index is 12.5. The van der Waals surface area contributed by atoms with Gasteiger partial charge in [0.2, 0.25) is 10.0 Å². The lowest BCUT2D eigenvalue weighted by atomic mass is 10.2.